The topological polar surface area (TPSA) is 47.6 Å². The molecule has 56 valence electrons. The third kappa shape index (κ3) is 3.95. The van der Waals surface area contributed by atoms with Crippen molar-refractivity contribution >= 4 is 0 Å². The van der Waals surface area contributed by atoms with Gasteiger partial charge in [0.25, 0.3) is 0 Å². The van der Waals surface area contributed by atoms with Gasteiger partial charge < -0.3 is 0 Å². The van der Waals surface area contributed by atoms with Crippen molar-refractivity contribution < 1.29 is 0 Å². The van der Waals surface area contributed by atoms with E-state index >= 15 is 0 Å². The molecule has 1 unspecified atom stereocenters. The highest BCUT2D eigenvalue weighted by Gasteiger charge is 1.94. The minimum absolute atomic E-state index is 0.194. The molecule has 1 atom stereocenters. The maximum absolute atomic E-state index is 8.52. The molecule has 0 aliphatic heterocycles. The number of nitriles is 2. The Bertz CT molecular complexity index is 248. The highest BCUT2D eigenvalue weighted by molar-refractivity contribution is 5.33. The average Bonchev–Trinajstić information content (AvgIpc) is 2.03. The van der Waals surface area contributed by atoms with Gasteiger partial charge in [0.1, 0.15) is 0 Å². The van der Waals surface area contributed by atoms with Crippen molar-refractivity contribution in [3.63, 3.8) is 0 Å². The molecule has 2 heteroatoms. The Morgan fingerprint density at radius 3 is 2.45 bits per heavy atom. The molecule has 2 nitrogen and oxygen atoms in total. The third-order valence-electron chi connectivity index (χ3n) is 1.11. The molecule has 0 saturated carbocycles. The van der Waals surface area contributed by atoms with Gasteiger partial charge in [0.2, 0.25) is 0 Å². The summed E-state index contributed by atoms with van der Waals surface area (Å²) in [4.78, 5) is 0. The van der Waals surface area contributed by atoms with E-state index in [4.69, 9.17) is 10.5 Å². The molecule has 0 spiro atoms. The van der Waals surface area contributed by atoms with Crippen molar-refractivity contribution in [1.82, 2.24) is 0 Å². The van der Waals surface area contributed by atoms with Gasteiger partial charge in [-0.1, -0.05) is 6.08 Å². The lowest BCUT2D eigenvalue weighted by Crippen LogP contribution is -1.84. The van der Waals surface area contributed by atoms with E-state index in [9.17, 15) is 0 Å². The van der Waals surface area contributed by atoms with Crippen LogP contribution in [0.25, 0.3) is 0 Å². The zero-order valence-corrected chi connectivity index (χ0v) is 6.70. The second-order valence-corrected chi connectivity index (χ2v) is 2.15. The number of rotatable bonds is 2. The van der Waals surface area contributed by atoms with Crippen molar-refractivity contribution in [3.05, 3.63) is 23.8 Å². The number of allylic oxidation sites excluding steroid dienone is 4. The van der Waals surface area contributed by atoms with E-state index in [2.05, 4.69) is 0 Å². The minimum Gasteiger partial charge on any atom is -0.198 e. The number of hydrogen-bond acceptors (Lipinski definition) is 2. The van der Waals surface area contributed by atoms with Crippen LogP contribution in [0, 0.1) is 28.6 Å². The first-order valence-corrected chi connectivity index (χ1v) is 3.38. The Labute approximate surface area is 67.1 Å². The molecule has 0 bridgehead atoms. The lowest BCUT2D eigenvalue weighted by molar-refractivity contribution is 0.951. The highest BCUT2D eigenvalue weighted by Crippen LogP contribution is 2.02. The normalized spacial score (nSPS) is 14.0. The van der Waals surface area contributed by atoms with Crippen LogP contribution in [0.2, 0.25) is 0 Å². The van der Waals surface area contributed by atoms with Gasteiger partial charge in [-0.25, -0.2) is 0 Å². The fourth-order valence-electron chi connectivity index (χ4n) is 0.616. The molecule has 0 rings (SSSR count). The highest BCUT2D eigenvalue weighted by atomic mass is 14.3. The van der Waals surface area contributed by atoms with Crippen LogP contribution in [-0.2, 0) is 0 Å². The molecular formula is C9H10N2. The van der Waals surface area contributed by atoms with Gasteiger partial charge in [-0.2, -0.15) is 10.5 Å². The maximum atomic E-state index is 8.52. The zero-order valence-electron chi connectivity index (χ0n) is 6.70. The molecular weight excluding hydrogens is 136 g/mol. The fourth-order valence-corrected chi connectivity index (χ4v) is 0.616. The van der Waals surface area contributed by atoms with Crippen LogP contribution in [0.1, 0.15) is 13.8 Å². The lowest BCUT2D eigenvalue weighted by atomic mass is 10.1. The van der Waals surface area contributed by atoms with Crippen LogP contribution in [0.15, 0.2) is 23.8 Å². The standard InChI is InChI=1S/C9H10N2/c1-3-4-9(7-11)5-8(2)6-10/h3-5,8H,1-2H3/b4-3-,9-5+. The molecule has 0 amide bonds. The van der Waals surface area contributed by atoms with Crippen LogP contribution in [0.3, 0.4) is 0 Å². The second kappa shape index (κ2) is 5.26. The monoisotopic (exact) mass is 146 g/mol. The van der Waals surface area contributed by atoms with Crippen LogP contribution >= 0.6 is 0 Å². The van der Waals surface area contributed by atoms with E-state index < -0.39 is 0 Å². The molecule has 0 saturated heterocycles. The molecule has 11 heavy (non-hydrogen) atoms. The quantitative estimate of drug-likeness (QED) is 0.442. The van der Waals surface area contributed by atoms with E-state index in [-0.39, 0.29) is 5.92 Å². The van der Waals surface area contributed by atoms with Gasteiger partial charge in [-0.3, -0.25) is 0 Å². The second-order valence-electron chi connectivity index (χ2n) is 2.15. The first kappa shape index (κ1) is 9.46. The summed E-state index contributed by atoms with van der Waals surface area (Å²) in [6, 6.07) is 4.02. The van der Waals surface area contributed by atoms with Crippen molar-refractivity contribution in [2.45, 2.75) is 13.8 Å². The van der Waals surface area contributed by atoms with E-state index in [0.717, 1.165) is 0 Å². The number of nitrogens with zero attached hydrogens (tertiary/aromatic N) is 2. The molecule has 0 heterocycles. The van der Waals surface area contributed by atoms with Gasteiger partial charge in [-0.15, -0.1) is 0 Å². The van der Waals surface area contributed by atoms with Crippen LogP contribution in [-0.4, -0.2) is 0 Å². The summed E-state index contributed by atoms with van der Waals surface area (Å²) in [6.07, 6.45) is 5.10. The molecule has 0 aromatic carbocycles. The van der Waals surface area contributed by atoms with Gasteiger partial charge in [0, 0.05) is 5.57 Å². The maximum Gasteiger partial charge on any atom is 0.0988 e. The largest absolute Gasteiger partial charge is 0.198 e. The Morgan fingerprint density at radius 1 is 1.45 bits per heavy atom. The summed E-state index contributed by atoms with van der Waals surface area (Å²) in [5.74, 6) is -0.194. The van der Waals surface area contributed by atoms with E-state index in [1.54, 1.807) is 25.2 Å². The van der Waals surface area contributed by atoms with Gasteiger partial charge >= 0.3 is 0 Å². The van der Waals surface area contributed by atoms with Gasteiger partial charge in [-0.05, 0) is 26.0 Å². The third-order valence-corrected chi connectivity index (χ3v) is 1.11. The van der Waals surface area contributed by atoms with Gasteiger partial charge in [0.15, 0.2) is 0 Å². The summed E-state index contributed by atoms with van der Waals surface area (Å²) in [5, 5.41) is 16.9. The lowest BCUT2D eigenvalue weighted by Gasteiger charge is -1.90. The smallest absolute Gasteiger partial charge is 0.0988 e. The summed E-state index contributed by atoms with van der Waals surface area (Å²) in [5.41, 5.74) is 0.543. The van der Waals surface area contributed by atoms with Crippen LogP contribution < -0.4 is 0 Å². The fraction of sp³-hybridized carbons (Fsp3) is 0.333. The summed E-state index contributed by atoms with van der Waals surface area (Å²) >= 11 is 0. The van der Waals surface area contributed by atoms with E-state index in [1.807, 2.05) is 19.1 Å². The zero-order chi connectivity index (χ0) is 8.69. The summed E-state index contributed by atoms with van der Waals surface area (Å²) < 4.78 is 0. The SMILES string of the molecule is C/C=C\C(C#N)=C/C(C)C#N. The van der Waals surface area contributed by atoms with Crippen molar-refractivity contribution in [3.8, 4) is 12.1 Å². The summed E-state index contributed by atoms with van der Waals surface area (Å²) in [7, 11) is 0. The molecule has 0 aliphatic carbocycles. The first-order valence-electron chi connectivity index (χ1n) is 3.38. The van der Waals surface area contributed by atoms with Crippen molar-refractivity contribution in [1.29, 1.82) is 10.5 Å². The molecule has 0 aromatic rings. The predicted octanol–water partition coefficient (Wildman–Crippen LogP) is 2.17. The van der Waals surface area contributed by atoms with Crippen molar-refractivity contribution in [2.75, 3.05) is 0 Å². The minimum atomic E-state index is -0.194. The first-order chi connectivity index (χ1) is 5.24. The van der Waals surface area contributed by atoms with E-state index in [1.165, 1.54) is 0 Å². The van der Waals surface area contributed by atoms with Gasteiger partial charge in [0.05, 0.1) is 18.1 Å². The molecule has 0 aliphatic rings. The molecule has 0 radical (unpaired) electrons. The Hall–Kier alpha value is -1.54. The Morgan fingerprint density at radius 2 is 2.09 bits per heavy atom. The number of hydrogen-bond donors (Lipinski definition) is 0. The molecule has 0 aromatic heterocycles. The van der Waals surface area contributed by atoms with Crippen LogP contribution in [0.4, 0.5) is 0 Å². The summed E-state index contributed by atoms with van der Waals surface area (Å²) in [6.45, 7) is 3.59. The average molecular weight is 146 g/mol. The Kier molecular flexibility index (Phi) is 4.52. The Balaban J connectivity index is 4.41. The predicted molar refractivity (Wildman–Crippen MR) is 43.3 cm³/mol. The van der Waals surface area contributed by atoms with E-state index in [0.29, 0.717) is 5.57 Å². The van der Waals surface area contributed by atoms with Crippen LogP contribution in [0.5, 0.6) is 0 Å². The molecule has 0 fully saturated rings. The van der Waals surface area contributed by atoms with Crippen molar-refractivity contribution in [2.24, 2.45) is 5.92 Å². The molecule has 0 N–H and O–H groups in total.